The molecule has 11 heteroatoms. The number of β-amino-alcohol motifs (C(OH)–C–C–N with tert-alkyl or cyclic N) is 1. The smallest absolute Gasteiger partial charge is 0.406 e. The quantitative estimate of drug-likeness (QED) is 0.173. The van der Waals surface area contributed by atoms with Gasteiger partial charge in [0.15, 0.2) is 11.6 Å². The van der Waals surface area contributed by atoms with E-state index in [1.165, 1.54) is 30.7 Å². The Morgan fingerprint density at radius 2 is 1.69 bits per heavy atom. The number of alkyl halides is 3. The van der Waals surface area contributed by atoms with Crippen molar-refractivity contribution in [1.29, 1.82) is 5.41 Å². The van der Waals surface area contributed by atoms with Crippen LogP contribution in [0.5, 0.6) is 5.75 Å². The fourth-order valence-electron chi connectivity index (χ4n) is 3.48. The van der Waals surface area contributed by atoms with Crippen molar-refractivity contribution in [3.05, 3.63) is 54.5 Å². The highest BCUT2D eigenvalue weighted by Crippen LogP contribution is 2.34. The molecular formula is C28H38F4N4O3. The van der Waals surface area contributed by atoms with E-state index >= 15 is 0 Å². The summed E-state index contributed by atoms with van der Waals surface area (Å²) in [4.78, 5) is 16.0. The monoisotopic (exact) mass is 554 g/mol. The Bertz CT molecular complexity index is 1070. The summed E-state index contributed by atoms with van der Waals surface area (Å²) in [6.07, 6.45) is -0.689. The number of ketones is 1. The standard InChI is InChI=1S/C21H25F3N4O2.C4H5FO.C3H8/c1-3-13(4-2)19(25)18-17(9-10-26-20(18)28-11-15(29)12-28)27-14-5-7-16(8-6-14)30-21(22,23)24;1-3(5)4(2)6;1-3-2/h5-10,13,15,25,29H,3-4,11-12H2,1-2H3,(H,26,27);1H2,2H3;3H2,1-2H3. The van der Waals surface area contributed by atoms with Crippen molar-refractivity contribution < 1.29 is 32.2 Å². The molecule has 1 saturated heterocycles. The average molecular weight is 555 g/mol. The van der Waals surface area contributed by atoms with Crippen LogP contribution < -0.4 is 15.0 Å². The molecular weight excluding hydrogens is 516 g/mol. The van der Waals surface area contributed by atoms with Crippen LogP contribution in [-0.4, -0.2) is 47.1 Å². The van der Waals surface area contributed by atoms with E-state index in [0.29, 0.717) is 41.6 Å². The number of rotatable bonds is 9. The molecule has 0 amide bonds. The first-order chi connectivity index (χ1) is 18.3. The molecule has 3 rings (SSSR count). The molecule has 0 aliphatic carbocycles. The minimum Gasteiger partial charge on any atom is -0.406 e. The molecule has 216 valence electrons. The molecule has 1 aromatic carbocycles. The Hall–Kier alpha value is -3.47. The van der Waals surface area contributed by atoms with Gasteiger partial charge in [0.05, 0.1) is 17.4 Å². The molecule has 0 spiro atoms. The number of anilines is 3. The van der Waals surface area contributed by atoms with E-state index in [2.05, 4.69) is 35.5 Å². The third-order valence-corrected chi connectivity index (χ3v) is 5.50. The number of pyridine rings is 1. The van der Waals surface area contributed by atoms with Crippen LogP contribution >= 0.6 is 0 Å². The molecule has 2 heterocycles. The Morgan fingerprint density at radius 3 is 2.10 bits per heavy atom. The first-order valence-corrected chi connectivity index (χ1v) is 12.8. The highest BCUT2D eigenvalue weighted by atomic mass is 19.4. The molecule has 39 heavy (non-hydrogen) atoms. The molecule has 7 nitrogen and oxygen atoms in total. The van der Waals surface area contributed by atoms with Crippen LogP contribution in [0, 0.1) is 11.3 Å². The van der Waals surface area contributed by atoms with E-state index in [1.807, 2.05) is 18.7 Å². The van der Waals surface area contributed by atoms with E-state index in [9.17, 15) is 27.5 Å². The fraction of sp³-hybridized carbons (Fsp3) is 0.464. The number of allylic oxidation sites excluding steroid dienone is 1. The largest absolute Gasteiger partial charge is 0.573 e. The number of ether oxygens (including phenoxy) is 1. The number of aliphatic hydroxyl groups is 1. The van der Waals surface area contributed by atoms with Gasteiger partial charge in [-0.2, -0.15) is 0 Å². The van der Waals surface area contributed by atoms with E-state index in [1.54, 1.807) is 12.3 Å². The second-order valence-electron chi connectivity index (χ2n) is 8.91. The zero-order valence-corrected chi connectivity index (χ0v) is 23.0. The van der Waals surface area contributed by atoms with Gasteiger partial charge in [-0.3, -0.25) is 4.79 Å². The van der Waals surface area contributed by atoms with Crippen molar-refractivity contribution in [3.63, 3.8) is 0 Å². The Morgan fingerprint density at radius 1 is 1.18 bits per heavy atom. The van der Waals surface area contributed by atoms with Crippen LogP contribution in [0.15, 0.2) is 48.9 Å². The third kappa shape index (κ3) is 11.0. The highest BCUT2D eigenvalue weighted by molar-refractivity contribution is 6.09. The lowest BCUT2D eigenvalue weighted by Crippen LogP contribution is -2.51. The van der Waals surface area contributed by atoms with Gasteiger partial charge in [0.2, 0.25) is 0 Å². The number of benzene rings is 1. The van der Waals surface area contributed by atoms with E-state index in [0.717, 1.165) is 19.8 Å². The molecule has 1 aromatic heterocycles. The number of hydrogen-bond acceptors (Lipinski definition) is 7. The Labute approximate surface area is 227 Å². The molecule has 1 aliphatic rings. The summed E-state index contributed by atoms with van der Waals surface area (Å²) in [6, 6.07) is 7.18. The third-order valence-electron chi connectivity index (χ3n) is 5.50. The topological polar surface area (TPSA) is 98.5 Å². The van der Waals surface area contributed by atoms with Gasteiger partial charge in [-0.15, -0.1) is 13.2 Å². The number of nitrogens with one attached hydrogen (secondary N) is 2. The number of hydrogen-bond donors (Lipinski definition) is 3. The van der Waals surface area contributed by atoms with Crippen LogP contribution in [-0.2, 0) is 4.79 Å². The SMILES string of the molecule is C=C(F)C(C)=O.CCC.CCC(CC)C(=N)c1c(Nc2ccc(OC(F)(F)F)cc2)ccnc1N1CC(O)C1. The van der Waals surface area contributed by atoms with Gasteiger partial charge >= 0.3 is 6.36 Å². The lowest BCUT2D eigenvalue weighted by molar-refractivity contribution is -0.274. The maximum absolute atomic E-state index is 12.4. The number of carbonyl (C=O) groups is 1. The van der Waals surface area contributed by atoms with Gasteiger partial charge in [-0.1, -0.05) is 40.7 Å². The maximum atomic E-state index is 12.4. The molecule has 0 bridgehead atoms. The summed E-state index contributed by atoms with van der Waals surface area (Å²) in [5.41, 5.74) is 2.30. The Kier molecular flexibility index (Phi) is 13.6. The summed E-state index contributed by atoms with van der Waals surface area (Å²) in [5.74, 6) is -1.12. The van der Waals surface area contributed by atoms with Crippen molar-refractivity contribution in [3.8, 4) is 5.75 Å². The van der Waals surface area contributed by atoms with Gasteiger partial charge < -0.3 is 25.5 Å². The van der Waals surface area contributed by atoms with Crippen molar-refractivity contribution in [1.82, 2.24) is 4.98 Å². The minimum atomic E-state index is -4.74. The fourth-order valence-corrected chi connectivity index (χ4v) is 3.48. The predicted molar refractivity (Wildman–Crippen MR) is 147 cm³/mol. The number of aliphatic hydroxyl groups excluding tert-OH is 1. The lowest BCUT2D eigenvalue weighted by atomic mass is 9.90. The van der Waals surface area contributed by atoms with Gasteiger partial charge in [-0.05, 0) is 43.2 Å². The lowest BCUT2D eigenvalue weighted by Gasteiger charge is -2.38. The zero-order valence-electron chi connectivity index (χ0n) is 23.0. The van der Waals surface area contributed by atoms with E-state index in [4.69, 9.17) is 5.41 Å². The molecule has 1 fully saturated rings. The van der Waals surface area contributed by atoms with Crippen molar-refractivity contribution >= 4 is 28.7 Å². The van der Waals surface area contributed by atoms with Crippen LogP contribution in [0.1, 0.15) is 59.4 Å². The summed E-state index contributed by atoms with van der Waals surface area (Å²) >= 11 is 0. The number of carbonyl (C=O) groups excluding carboxylic acids is 1. The Balaban J connectivity index is 0.000000734. The summed E-state index contributed by atoms with van der Waals surface area (Å²) in [7, 11) is 0. The van der Waals surface area contributed by atoms with Crippen LogP contribution in [0.25, 0.3) is 0 Å². The maximum Gasteiger partial charge on any atom is 0.573 e. The zero-order chi connectivity index (χ0) is 29.8. The van der Waals surface area contributed by atoms with E-state index < -0.39 is 24.1 Å². The number of halogens is 4. The first-order valence-electron chi connectivity index (χ1n) is 12.8. The van der Waals surface area contributed by atoms with E-state index in [-0.39, 0.29) is 11.7 Å². The predicted octanol–water partition coefficient (Wildman–Crippen LogP) is 7.18. The molecule has 0 atom stereocenters. The molecule has 0 radical (unpaired) electrons. The first kappa shape index (κ1) is 33.6. The summed E-state index contributed by atoms with van der Waals surface area (Å²) < 4.78 is 52.3. The van der Waals surface area contributed by atoms with Gasteiger partial charge in [0.1, 0.15) is 11.6 Å². The van der Waals surface area contributed by atoms with Gasteiger partial charge in [0, 0.05) is 43.5 Å². The highest BCUT2D eigenvalue weighted by Gasteiger charge is 2.32. The van der Waals surface area contributed by atoms with Crippen LogP contribution in [0.3, 0.4) is 0 Å². The minimum absolute atomic E-state index is 0.0438. The number of nitrogens with zero attached hydrogens (tertiary/aromatic N) is 2. The summed E-state index contributed by atoms with van der Waals surface area (Å²) in [5, 5.41) is 21.7. The van der Waals surface area contributed by atoms with Crippen molar-refractivity contribution in [2.24, 2.45) is 5.92 Å². The molecule has 0 saturated carbocycles. The van der Waals surface area contributed by atoms with Crippen molar-refractivity contribution in [2.45, 2.75) is 66.3 Å². The molecule has 2 aromatic rings. The van der Waals surface area contributed by atoms with Crippen LogP contribution in [0.2, 0.25) is 0 Å². The molecule has 0 unspecified atom stereocenters. The number of aromatic nitrogens is 1. The van der Waals surface area contributed by atoms with Crippen LogP contribution in [0.4, 0.5) is 34.8 Å². The summed E-state index contributed by atoms with van der Waals surface area (Å²) in [6.45, 7) is 13.1. The van der Waals surface area contributed by atoms with Gasteiger partial charge in [-0.25, -0.2) is 9.37 Å². The van der Waals surface area contributed by atoms with Crippen molar-refractivity contribution in [2.75, 3.05) is 23.3 Å². The second kappa shape index (κ2) is 15.8. The number of Topliss-reactive ketones (excluding diaryl/α,β-unsaturated/α-hetero) is 1. The van der Waals surface area contributed by atoms with Gasteiger partial charge in [0.25, 0.3) is 0 Å². The average Bonchev–Trinajstić information content (AvgIpc) is 2.84. The molecule has 3 N–H and O–H groups in total. The molecule has 1 aliphatic heterocycles. The normalized spacial score (nSPS) is 12.8. The second-order valence-corrected chi connectivity index (χ2v) is 8.91.